The van der Waals surface area contributed by atoms with Crippen molar-refractivity contribution in [3.63, 3.8) is 0 Å². The molecule has 134 valence electrons. The van der Waals surface area contributed by atoms with Crippen LogP contribution in [0, 0.1) is 5.92 Å². The van der Waals surface area contributed by atoms with Crippen LogP contribution in [-0.2, 0) is 19.1 Å². The molecule has 0 amide bonds. The van der Waals surface area contributed by atoms with Crippen LogP contribution >= 0.6 is 21.6 Å². The molecule has 0 saturated carbocycles. The fourth-order valence-electron chi connectivity index (χ4n) is 1.61. The van der Waals surface area contributed by atoms with Crippen molar-refractivity contribution in [1.29, 1.82) is 0 Å². The molecule has 0 radical (unpaired) electrons. The van der Waals surface area contributed by atoms with Crippen LogP contribution in [0.25, 0.3) is 0 Å². The Morgan fingerprint density at radius 2 is 2.04 bits per heavy atom. The van der Waals surface area contributed by atoms with Gasteiger partial charge in [-0.2, -0.15) is 0 Å². The van der Waals surface area contributed by atoms with E-state index < -0.39 is 5.60 Å². The molecule has 1 rings (SSSR count). The minimum absolute atomic E-state index is 0.221. The van der Waals surface area contributed by atoms with Gasteiger partial charge in [0, 0.05) is 18.4 Å². The van der Waals surface area contributed by atoms with Crippen molar-refractivity contribution in [3.8, 4) is 0 Å². The van der Waals surface area contributed by atoms with Crippen molar-refractivity contribution < 1.29 is 19.1 Å². The van der Waals surface area contributed by atoms with Crippen molar-refractivity contribution in [2.75, 3.05) is 12.4 Å². The highest BCUT2D eigenvalue weighted by Crippen LogP contribution is 2.28. The van der Waals surface area contributed by atoms with E-state index >= 15 is 0 Å². The van der Waals surface area contributed by atoms with Crippen LogP contribution in [0.1, 0.15) is 40.5 Å². The summed E-state index contributed by atoms with van der Waals surface area (Å²) in [6, 6.07) is 5.73. The quantitative estimate of drug-likeness (QED) is 0.367. The van der Waals surface area contributed by atoms with Gasteiger partial charge in [0.1, 0.15) is 17.2 Å². The van der Waals surface area contributed by atoms with E-state index in [2.05, 4.69) is 4.98 Å². The summed E-state index contributed by atoms with van der Waals surface area (Å²) in [5.41, 5.74) is -0.506. The molecule has 0 saturated heterocycles. The molecule has 0 spiro atoms. The van der Waals surface area contributed by atoms with Crippen LogP contribution < -0.4 is 0 Å². The van der Waals surface area contributed by atoms with Gasteiger partial charge in [-0.25, -0.2) is 4.98 Å². The Bertz CT molecular complexity index is 517. The molecule has 1 aromatic heterocycles. The van der Waals surface area contributed by atoms with Crippen LogP contribution in [0.4, 0.5) is 0 Å². The maximum absolute atomic E-state index is 11.8. The average molecular weight is 372 g/mol. The molecule has 24 heavy (non-hydrogen) atoms. The molecule has 1 heterocycles. The lowest BCUT2D eigenvalue weighted by Gasteiger charge is -2.22. The summed E-state index contributed by atoms with van der Waals surface area (Å²) in [7, 11) is 3.14. The maximum Gasteiger partial charge on any atom is 0.309 e. The predicted molar refractivity (Wildman–Crippen MR) is 97.8 cm³/mol. The van der Waals surface area contributed by atoms with Crippen molar-refractivity contribution in [2.45, 2.75) is 51.2 Å². The van der Waals surface area contributed by atoms with Crippen molar-refractivity contribution in [1.82, 2.24) is 4.98 Å². The first-order valence-electron chi connectivity index (χ1n) is 7.87. The zero-order valence-corrected chi connectivity index (χ0v) is 16.2. The molecule has 0 aliphatic heterocycles. The smallest absolute Gasteiger partial charge is 0.309 e. The second-order valence-electron chi connectivity index (χ2n) is 6.27. The standard InChI is InChI=1S/C17H25NO4S2/c1-13(16(20)22-17(2,3)4)8-9-15(19)21-11-12-23-24-14-7-5-6-10-18-14/h5-7,10,13H,8-9,11-12H2,1-4H3/t13-/m0/s1. The van der Waals surface area contributed by atoms with Gasteiger partial charge in [-0.05, 0) is 50.1 Å². The first-order chi connectivity index (χ1) is 11.3. The summed E-state index contributed by atoms with van der Waals surface area (Å²) in [6.07, 6.45) is 2.40. The molecular weight excluding hydrogens is 346 g/mol. The third-order valence-electron chi connectivity index (χ3n) is 2.80. The SMILES string of the molecule is C[C@@H](CCC(=O)OCCSSc1ccccn1)C(=O)OC(C)(C)C. The van der Waals surface area contributed by atoms with E-state index in [1.165, 1.54) is 0 Å². The molecule has 0 aromatic carbocycles. The van der Waals surface area contributed by atoms with E-state index in [-0.39, 0.29) is 24.3 Å². The van der Waals surface area contributed by atoms with E-state index in [1.807, 2.05) is 39.0 Å². The first-order valence-corrected chi connectivity index (χ1v) is 10.2. The largest absolute Gasteiger partial charge is 0.465 e. The van der Waals surface area contributed by atoms with Gasteiger partial charge in [-0.3, -0.25) is 9.59 Å². The number of hydrogen-bond donors (Lipinski definition) is 0. The maximum atomic E-state index is 11.8. The molecule has 0 aliphatic rings. The van der Waals surface area contributed by atoms with Crippen LogP contribution in [0.5, 0.6) is 0 Å². The number of aromatic nitrogens is 1. The van der Waals surface area contributed by atoms with Crippen molar-refractivity contribution in [2.24, 2.45) is 5.92 Å². The average Bonchev–Trinajstić information content (AvgIpc) is 2.51. The Morgan fingerprint density at radius 3 is 2.67 bits per heavy atom. The molecule has 5 nitrogen and oxygen atoms in total. The van der Waals surface area contributed by atoms with E-state index in [9.17, 15) is 9.59 Å². The number of esters is 2. The lowest BCUT2D eigenvalue weighted by atomic mass is 10.1. The molecule has 0 N–H and O–H groups in total. The van der Waals surface area contributed by atoms with Gasteiger partial charge < -0.3 is 9.47 Å². The molecule has 0 bridgehead atoms. The van der Waals surface area contributed by atoms with Gasteiger partial charge in [-0.15, -0.1) is 0 Å². The van der Waals surface area contributed by atoms with Gasteiger partial charge in [0.2, 0.25) is 0 Å². The Labute approximate surface area is 151 Å². The van der Waals surface area contributed by atoms with Crippen LogP contribution in [0.2, 0.25) is 0 Å². The number of rotatable bonds is 9. The molecule has 0 aliphatic carbocycles. The number of hydrogen-bond acceptors (Lipinski definition) is 7. The zero-order chi connectivity index (χ0) is 18.0. The fraction of sp³-hybridized carbons (Fsp3) is 0.588. The molecule has 0 unspecified atom stereocenters. The molecule has 1 aromatic rings. The third-order valence-corrected chi connectivity index (χ3v) is 5.03. The highest BCUT2D eigenvalue weighted by Gasteiger charge is 2.22. The van der Waals surface area contributed by atoms with Gasteiger partial charge >= 0.3 is 11.9 Å². The van der Waals surface area contributed by atoms with Crippen LogP contribution in [0.15, 0.2) is 29.4 Å². The Balaban J connectivity index is 2.10. The summed E-state index contributed by atoms with van der Waals surface area (Å²) in [4.78, 5) is 27.7. The van der Waals surface area contributed by atoms with Gasteiger partial charge in [0.15, 0.2) is 0 Å². The molecule has 1 atom stereocenters. The zero-order valence-electron chi connectivity index (χ0n) is 14.6. The predicted octanol–water partition coefficient (Wildman–Crippen LogP) is 4.12. The Hall–Kier alpha value is -1.21. The monoisotopic (exact) mass is 371 g/mol. The van der Waals surface area contributed by atoms with Crippen molar-refractivity contribution in [3.05, 3.63) is 24.4 Å². The molecular formula is C17H25NO4S2. The first kappa shape index (κ1) is 20.8. The van der Waals surface area contributed by atoms with Crippen LogP contribution in [-0.4, -0.2) is 34.9 Å². The number of pyridine rings is 1. The highest BCUT2D eigenvalue weighted by atomic mass is 33.1. The van der Waals surface area contributed by atoms with E-state index in [0.717, 1.165) is 5.03 Å². The van der Waals surface area contributed by atoms with Crippen LogP contribution in [0.3, 0.4) is 0 Å². The Morgan fingerprint density at radius 1 is 1.29 bits per heavy atom. The lowest BCUT2D eigenvalue weighted by Crippen LogP contribution is -2.28. The second-order valence-corrected chi connectivity index (χ2v) is 8.70. The summed E-state index contributed by atoms with van der Waals surface area (Å²) >= 11 is 0. The lowest BCUT2D eigenvalue weighted by molar-refractivity contribution is -0.159. The minimum atomic E-state index is -0.506. The molecule has 7 heteroatoms. The Kier molecular flexibility index (Phi) is 9.21. The minimum Gasteiger partial charge on any atom is -0.465 e. The summed E-state index contributed by atoms with van der Waals surface area (Å²) < 4.78 is 10.4. The summed E-state index contributed by atoms with van der Waals surface area (Å²) in [6.45, 7) is 7.59. The number of nitrogens with zero attached hydrogens (tertiary/aromatic N) is 1. The van der Waals surface area contributed by atoms with Gasteiger partial charge in [0.25, 0.3) is 0 Å². The van der Waals surface area contributed by atoms with E-state index in [4.69, 9.17) is 9.47 Å². The number of carbonyl (C=O) groups excluding carboxylic acids is 2. The normalized spacial score (nSPS) is 12.5. The number of carbonyl (C=O) groups is 2. The van der Waals surface area contributed by atoms with Crippen molar-refractivity contribution >= 4 is 33.5 Å². The summed E-state index contributed by atoms with van der Waals surface area (Å²) in [5.74, 6) is -0.188. The van der Waals surface area contributed by atoms with E-state index in [0.29, 0.717) is 18.8 Å². The van der Waals surface area contributed by atoms with Gasteiger partial charge in [0.05, 0.1) is 5.92 Å². The summed E-state index contributed by atoms with van der Waals surface area (Å²) in [5, 5.41) is 0.931. The third kappa shape index (κ3) is 9.82. The highest BCUT2D eigenvalue weighted by molar-refractivity contribution is 8.76. The second kappa shape index (κ2) is 10.6. The topological polar surface area (TPSA) is 65.5 Å². The van der Waals surface area contributed by atoms with E-state index in [1.54, 1.807) is 34.7 Å². The number of ether oxygens (including phenoxy) is 2. The van der Waals surface area contributed by atoms with Gasteiger partial charge in [-0.1, -0.05) is 23.8 Å². The molecule has 0 fully saturated rings. The fourth-order valence-corrected chi connectivity index (χ4v) is 3.32.